The highest BCUT2D eigenvalue weighted by Gasteiger charge is 2.32. The third-order valence-electron chi connectivity index (χ3n) is 2.54. The molecule has 0 aromatic carbocycles. The zero-order valence-corrected chi connectivity index (χ0v) is 10.3. The van der Waals surface area contributed by atoms with Crippen LogP contribution in [0.1, 0.15) is 12.8 Å². The van der Waals surface area contributed by atoms with Gasteiger partial charge in [-0.1, -0.05) is 6.58 Å². The van der Waals surface area contributed by atoms with Gasteiger partial charge in [-0.15, -0.1) is 3.89 Å². The second kappa shape index (κ2) is 6.00. The molecular formula is C10H16FNO4S. The summed E-state index contributed by atoms with van der Waals surface area (Å²) in [7, 11) is -4.50. The third-order valence-corrected chi connectivity index (χ3v) is 3.41. The van der Waals surface area contributed by atoms with E-state index in [-0.39, 0.29) is 12.3 Å². The largest absolute Gasteiger partial charge is 0.502 e. The smallest absolute Gasteiger partial charge is 0.302 e. The molecule has 17 heavy (non-hydrogen) atoms. The van der Waals surface area contributed by atoms with Crippen LogP contribution in [0.15, 0.2) is 12.8 Å². The van der Waals surface area contributed by atoms with Crippen LogP contribution in [0.25, 0.3) is 0 Å². The van der Waals surface area contributed by atoms with Gasteiger partial charge in [-0.3, -0.25) is 4.79 Å². The topological polar surface area (TPSA) is 63.7 Å². The van der Waals surface area contributed by atoms with Gasteiger partial charge in [0.2, 0.25) is 5.91 Å². The number of likely N-dealkylation sites (tertiary alicyclic amines) is 1. The zero-order chi connectivity index (χ0) is 12.9. The van der Waals surface area contributed by atoms with Crippen molar-refractivity contribution in [1.29, 1.82) is 0 Å². The maximum Gasteiger partial charge on any atom is 0.302 e. The van der Waals surface area contributed by atoms with Crippen molar-refractivity contribution < 1.29 is 21.8 Å². The fraction of sp³-hybridized carbons (Fsp3) is 0.700. The fourth-order valence-corrected chi connectivity index (χ4v) is 2.67. The number of hydrogen-bond donors (Lipinski definition) is 0. The molecule has 0 aromatic heterocycles. The number of hydrogen-bond acceptors (Lipinski definition) is 4. The van der Waals surface area contributed by atoms with Crippen LogP contribution in [0, 0.1) is 5.92 Å². The number of ether oxygens (including phenoxy) is 1. The summed E-state index contributed by atoms with van der Waals surface area (Å²) in [4.78, 5) is 13.0. The number of rotatable bonds is 7. The van der Waals surface area contributed by atoms with E-state index in [4.69, 9.17) is 4.74 Å². The molecule has 0 N–H and O–H groups in total. The maximum atomic E-state index is 12.5. The minimum atomic E-state index is -4.50. The first-order chi connectivity index (χ1) is 7.92. The van der Waals surface area contributed by atoms with Crippen LogP contribution in [0.4, 0.5) is 3.89 Å². The fourth-order valence-electron chi connectivity index (χ4n) is 1.89. The van der Waals surface area contributed by atoms with Gasteiger partial charge in [0.25, 0.3) is 0 Å². The molecule has 1 amide bonds. The lowest BCUT2D eigenvalue weighted by molar-refractivity contribution is -0.127. The Balaban J connectivity index is 2.34. The van der Waals surface area contributed by atoms with E-state index < -0.39 is 21.9 Å². The predicted molar refractivity (Wildman–Crippen MR) is 60.3 cm³/mol. The van der Waals surface area contributed by atoms with E-state index >= 15 is 0 Å². The Morgan fingerprint density at radius 3 is 2.88 bits per heavy atom. The van der Waals surface area contributed by atoms with E-state index in [2.05, 4.69) is 6.58 Å². The molecule has 0 spiro atoms. The summed E-state index contributed by atoms with van der Waals surface area (Å²) in [5, 5.41) is 0. The highest BCUT2D eigenvalue weighted by Crippen LogP contribution is 2.20. The van der Waals surface area contributed by atoms with Crippen molar-refractivity contribution in [2.45, 2.75) is 12.8 Å². The molecule has 0 saturated carbocycles. The van der Waals surface area contributed by atoms with Gasteiger partial charge in [0, 0.05) is 25.4 Å². The maximum absolute atomic E-state index is 12.5. The SMILES string of the molecule is C=COCCCN1CC(CS(=O)(=O)F)CC1=O. The van der Waals surface area contributed by atoms with Crippen LogP contribution in [0.2, 0.25) is 0 Å². The first-order valence-corrected chi connectivity index (χ1v) is 6.90. The van der Waals surface area contributed by atoms with Crippen molar-refractivity contribution in [1.82, 2.24) is 4.90 Å². The first-order valence-electron chi connectivity index (χ1n) is 5.35. The van der Waals surface area contributed by atoms with E-state index in [0.29, 0.717) is 26.1 Å². The standard InChI is InChI=1S/C10H16FNO4S/c1-2-16-5-3-4-12-7-9(6-10(12)13)8-17(11,14)15/h2,9H,1,3-8H2. The quantitative estimate of drug-likeness (QED) is 0.386. The minimum Gasteiger partial charge on any atom is -0.502 e. The summed E-state index contributed by atoms with van der Waals surface area (Å²) in [6, 6.07) is 0. The summed E-state index contributed by atoms with van der Waals surface area (Å²) < 4.78 is 38.3. The van der Waals surface area contributed by atoms with Gasteiger partial charge in [-0.2, -0.15) is 8.42 Å². The minimum absolute atomic E-state index is 0.103. The Bertz CT molecular complexity index is 382. The van der Waals surface area contributed by atoms with E-state index in [1.807, 2.05) is 0 Å². The van der Waals surface area contributed by atoms with E-state index in [1.54, 1.807) is 4.90 Å². The molecule has 1 fully saturated rings. The Kier molecular flexibility index (Phi) is 4.92. The molecule has 1 aliphatic heterocycles. The highest BCUT2D eigenvalue weighted by atomic mass is 32.3. The Hall–Kier alpha value is -1.11. The average molecular weight is 265 g/mol. The molecule has 1 saturated heterocycles. The van der Waals surface area contributed by atoms with Gasteiger partial charge in [-0.25, -0.2) is 0 Å². The van der Waals surface area contributed by atoms with Crippen LogP contribution < -0.4 is 0 Å². The Morgan fingerprint density at radius 1 is 1.59 bits per heavy atom. The van der Waals surface area contributed by atoms with Crippen molar-refractivity contribution in [3.05, 3.63) is 12.8 Å². The van der Waals surface area contributed by atoms with Gasteiger partial charge in [0.05, 0.1) is 18.6 Å². The van der Waals surface area contributed by atoms with Crippen molar-refractivity contribution in [2.24, 2.45) is 5.92 Å². The molecule has 0 aliphatic carbocycles. The monoisotopic (exact) mass is 265 g/mol. The molecule has 0 bridgehead atoms. The lowest BCUT2D eigenvalue weighted by Crippen LogP contribution is -2.27. The van der Waals surface area contributed by atoms with Gasteiger partial charge in [0.15, 0.2) is 0 Å². The Morgan fingerprint density at radius 2 is 2.29 bits per heavy atom. The van der Waals surface area contributed by atoms with Crippen LogP contribution >= 0.6 is 0 Å². The number of amides is 1. The van der Waals surface area contributed by atoms with E-state index in [1.165, 1.54) is 6.26 Å². The van der Waals surface area contributed by atoms with Gasteiger partial charge in [0.1, 0.15) is 0 Å². The molecular weight excluding hydrogens is 249 g/mol. The lowest BCUT2D eigenvalue weighted by atomic mass is 10.1. The highest BCUT2D eigenvalue weighted by molar-refractivity contribution is 7.86. The number of carbonyl (C=O) groups is 1. The Labute approximate surface area is 100 Å². The lowest BCUT2D eigenvalue weighted by Gasteiger charge is -2.15. The van der Waals surface area contributed by atoms with Crippen molar-refractivity contribution in [3.63, 3.8) is 0 Å². The van der Waals surface area contributed by atoms with Crippen LogP contribution in [-0.4, -0.2) is 44.7 Å². The molecule has 0 radical (unpaired) electrons. The van der Waals surface area contributed by atoms with E-state index in [9.17, 15) is 17.1 Å². The van der Waals surface area contributed by atoms with Gasteiger partial charge in [-0.05, 0) is 6.42 Å². The number of nitrogens with zero attached hydrogens (tertiary/aromatic N) is 1. The molecule has 1 rings (SSSR count). The molecule has 1 aliphatic rings. The summed E-state index contributed by atoms with van der Waals surface area (Å²) in [5.41, 5.74) is 0. The van der Waals surface area contributed by atoms with Gasteiger partial charge < -0.3 is 9.64 Å². The molecule has 1 unspecified atom stereocenters. The molecule has 1 heterocycles. The van der Waals surface area contributed by atoms with Crippen molar-refractivity contribution in [2.75, 3.05) is 25.4 Å². The normalized spacial score (nSPS) is 20.6. The molecule has 5 nitrogen and oxygen atoms in total. The second-order valence-electron chi connectivity index (χ2n) is 4.01. The summed E-state index contributed by atoms with van der Waals surface area (Å²) in [6.07, 6.45) is 2.07. The summed E-state index contributed by atoms with van der Waals surface area (Å²) >= 11 is 0. The van der Waals surface area contributed by atoms with Crippen LogP contribution in [0.3, 0.4) is 0 Å². The van der Waals surface area contributed by atoms with Crippen molar-refractivity contribution in [3.8, 4) is 0 Å². The number of halogens is 1. The van der Waals surface area contributed by atoms with Crippen LogP contribution in [0.5, 0.6) is 0 Å². The van der Waals surface area contributed by atoms with Crippen LogP contribution in [-0.2, 0) is 19.8 Å². The predicted octanol–water partition coefficient (Wildman–Crippen LogP) is 0.684. The molecule has 7 heteroatoms. The molecule has 1 atom stereocenters. The average Bonchev–Trinajstić information content (AvgIpc) is 2.51. The summed E-state index contributed by atoms with van der Waals surface area (Å²) in [5.74, 6) is -1.13. The number of carbonyl (C=O) groups excluding carboxylic acids is 1. The van der Waals surface area contributed by atoms with Gasteiger partial charge >= 0.3 is 10.2 Å². The van der Waals surface area contributed by atoms with E-state index in [0.717, 1.165) is 0 Å². The summed E-state index contributed by atoms with van der Waals surface area (Å²) in [6.45, 7) is 4.64. The third kappa shape index (κ3) is 5.16. The zero-order valence-electron chi connectivity index (χ0n) is 9.47. The second-order valence-corrected chi connectivity index (χ2v) is 5.42. The molecule has 98 valence electrons. The van der Waals surface area contributed by atoms with Crippen molar-refractivity contribution >= 4 is 16.1 Å². The molecule has 0 aromatic rings. The first kappa shape index (κ1) is 14.0.